The SMILES string of the molecule is Cc1cccnc1C[C@H](C)N(C)C(=O)NC1CCN(C(=O)CC(C)C)CC1. The summed E-state index contributed by atoms with van der Waals surface area (Å²) >= 11 is 0. The van der Waals surface area contributed by atoms with E-state index in [1.54, 1.807) is 11.1 Å². The highest BCUT2D eigenvalue weighted by molar-refractivity contribution is 5.77. The van der Waals surface area contributed by atoms with Gasteiger partial charge in [0.05, 0.1) is 0 Å². The van der Waals surface area contributed by atoms with E-state index in [0.29, 0.717) is 12.3 Å². The molecule has 3 amide bonds. The highest BCUT2D eigenvalue weighted by Crippen LogP contribution is 2.15. The Morgan fingerprint density at radius 1 is 1.30 bits per heavy atom. The molecule has 1 atom stereocenters. The van der Waals surface area contributed by atoms with Crippen LogP contribution < -0.4 is 5.32 Å². The zero-order valence-electron chi connectivity index (χ0n) is 17.4. The molecule has 2 heterocycles. The quantitative estimate of drug-likeness (QED) is 0.832. The Balaban J connectivity index is 1.79. The maximum Gasteiger partial charge on any atom is 0.317 e. The Kier molecular flexibility index (Phi) is 7.63. The number of amides is 3. The fourth-order valence-corrected chi connectivity index (χ4v) is 3.38. The van der Waals surface area contributed by atoms with Crippen LogP contribution in [0.25, 0.3) is 0 Å². The number of piperidine rings is 1. The predicted octanol–water partition coefficient (Wildman–Crippen LogP) is 3.00. The van der Waals surface area contributed by atoms with Gasteiger partial charge in [-0.05, 0) is 44.2 Å². The zero-order valence-corrected chi connectivity index (χ0v) is 17.4. The summed E-state index contributed by atoms with van der Waals surface area (Å²) in [6.45, 7) is 9.67. The first kappa shape index (κ1) is 21.2. The number of rotatable bonds is 6. The van der Waals surface area contributed by atoms with E-state index in [1.807, 2.05) is 37.9 Å². The number of aryl methyl sites for hydroxylation is 1. The zero-order chi connectivity index (χ0) is 20.0. The van der Waals surface area contributed by atoms with Gasteiger partial charge in [-0.25, -0.2) is 4.79 Å². The van der Waals surface area contributed by atoms with Gasteiger partial charge < -0.3 is 15.1 Å². The van der Waals surface area contributed by atoms with Gasteiger partial charge in [0.25, 0.3) is 0 Å². The lowest BCUT2D eigenvalue weighted by Gasteiger charge is -2.34. The van der Waals surface area contributed by atoms with Crippen molar-refractivity contribution < 1.29 is 9.59 Å². The first-order valence-corrected chi connectivity index (χ1v) is 9.99. The molecule has 1 aromatic heterocycles. The largest absolute Gasteiger partial charge is 0.343 e. The number of carbonyl (C=O) groups excluding carboxylic acids is 2. The molecule has 0 saturated carbocycles. The lowest BCUT2D eigenvalue weighted by atomic mass is 10.0. The smallest absolute Gasteiger partial charge is 0.317 e. The second kappa shape index (κ2) is 9.72. The van der Waals surface area contributed by atoms with Gasteiger partial charge in [0, 0.05) is 57.0 Å². The van der Waals surface area contributed by atoms with Crippen molar-refractivity contribution in [2.24, 2.45) is 5.92 Å². The van der Waals surface area contributed by atoms with E-state index in [9.17, 15) is 9.59 Å². The third-order valence-electron chi connectivity index (χ3n) is 5.35. The Morgan fingerprint density at radius 3 is 2.56 bits per heavy atom. The summed E-state index contributed by atoms with van der Waals surface area (Å²) in [5, 5.41) is 3.13. The van der Waals surface area contributed by atoms with Crippen LogP contribution in [-0.2, 0) is 11.2 Å². The number of likely N-dealkylation sites (N-methyl/N-ethyl adjacent to an activating group) is 1. The predicted molar refractivity (Wildman–Crippen MR) is 107 cm³/mol. The van der Waals surface area contributed by atoms with Crippen LogP contribution in [0.4, 0.5) is 4.79 Å². The Labute approximate surface area is 163 Å². The van der Waals surface area contributed by atoms with E-state index < -0.39 is 0 Å². The topological polar surface area (TPSA) is 65.5 Å². The normalized spacial score (nSPS) is 16.3. The molecule has 1 N–H and O–H groups in total. The molecule has 6 nitrogen and oxygen atoms in total. The fraction of sp³-hybridized carbons (Fsp3) is 0.667. The van der Waals surface area contributed by atoms with Crippen molar-refractivity contribution >= 4 is 11.9 Å². The van der Waals surface area contributed by atoms with Crippen molar-refractivity contribution in [2.45, 2.75) is 65.5 Å². The summed E-state index contributed by atoms with van der Waals surface area (Å²) in [6.07, 6.45) is 4.76. The molecule has 27 heavy (non-hydrogen) atoms. The van der Waals surface area contributed by atoms with E-state index in [0.717, 1.165) is 43.6 Å². The van der Waals surface area contributed by atoms with E-state index >= 15 is 0 Å². The number of likely N-dealkylation sites (tertiary alicyclic amines) is 1. The van der Waals surface area contributed by atoms with Crippen LogP contribution in [0, 0.1) is 12.8 Å². The first-order valence-electron chi connectivity index (χ1n) is 9.99. The van der Waals surface area contributed by atoms with Crippen molar-refractivity contribution in [2.75, 3.05) is 20.1 Å². The van der Waals surface area contributed by atoms with Crippen molar-refractivity contribution in [1.29, 1.82) is 0 Å². The van der Waals surface area contributed by atoms with E-state index in [-0.39, 0.29) is 24.0 Å². The Bertz CT molecular complexity index is 639. The standard InChI is InChI=1S/C21H34N4O2/c1-15(2)13-20(26)25-11-8-18(9-12-25)23-21(27)24(5)17(4)14-19-16(3)7-6-10-22-19/h6-7,10,15,17-18H,8-9,11-14H2,1-5H3,(H,23,27)/t17-/m0/s1. The van der Waals surface area contributed by atoms with Crippen LogP contribution in [0.2, 0.25) is 0 Å². The molecule has 0 aliphatic carbocycles. The molecule has 0 bridgehead atoms. The molecule has 1 aliphatic rings. The summed E-state index contributed by atoms with van der Waals surface area (Å²) in [5.74, 6) is 0.610. The molecule has 2 rings (SSSR count). The second-order valence-corrected chi connectivity index (χ2v) is 8.13. The number of urea groups is 1. The van der Waals surface area contributed by atoms with Crippen LogP contribution in [0.1, 0.15) is 51.3 Å². The summed E-state index contributed by atoms with van der Waals surface area (Å²) in [6, 6.07) is 4.11. The molecule has 150 valence electrons. The number of nitrogens with one attached hydrogen (secondary N) is 1. The third kappa shape index (κ3) is 6.22. The Hall–Kier alpha value is -2.11. The minimum Gasteiger partial charge on any atom is -0.343 e. The molecular formula is C21H34N4O2. The van der Waals surface area contributed by atoms with Crippen molar-refractivity contribution in [3.05, 3.63) is 29.6 Å². The van der Waals surface area contributed by atoms with Gasteiger partial charge >= 0.3 is 6.03 Å². The molecule has 1 fully saturated rings. The molecule has 1 aliphatic heterocycles. The van der Waals surface area contributed by atoms with Gasteiger partial charge in [0.1, 0.15) is 0 Å². The molecule has 0 spiro atoms. The minimum absolute atomic E-state index is 0.0527. The van der Waals surface area contributed by atoms with Gasteiger partial charge in [-0.3, -0.25) is 9.78 Å². The van der Waals surface area contributed by atoms with E-state index in [2.05, 4.69) is 24.1 Å². The lowest BCUT2D eigenvalue weighted by molar-refractivity contribution is -0.133. The van der Waals surface area contributed by atoms with Gasteiger partial charge in [-0.2, -0.15) is 0 Å². The molecule has 0 unspecified atom stereocenters. The monoisotopic (exact) mass is 374 g/mol. The molecular weight excluding hydrogens is 340 g/mol. The van der Waals surface area contributed by atoms with E-state index in [4.69, 9.17) is 0 Å². The summed E-state index contributed by atoms with van der Waals surface area (Å²) in [4.78, 5) is 32.9. The highest BCUT2D eigenvalue weighted by atomic mass is 16.2. The first-order chi connectivity index (χ1) is 12.8. The molecule has 1 saturated heterocycles. The van der Waals surface area contributed by atoms with Crippen LogP contribution in [-0.4, -0.2) is 58.9 Å². The molecule has 0 aromatic carbocycles. The lowest BCUT2D eigenvalue weighted by Crippen LogP contribution is -2.51. The Morgan fingerprint density at radius 2 is 1.96 bits per heavy atom. The summed E-state index contributed by atoms with van der Waals surface area (Å²) in [7, 11) is 1.83. The second-order valence-electron chi connectivity index (χ2n) is 8.13. The average Bonchev–Trinajstić information content (AvgIpc) is 2.62. The summed E-state index contributed by atoms with van der Waals surface area (Å²) in [5.41, 5.74) is 2.18. The summed E-state index contributed by atoms with van der Waals surface area (Å²) < 4.78 is 0. The van der Waals surface area contributed by atoms with Crippen LogP contribution in [0.5, 0.6) is 0 Å². The van der Waals surface area contributed by atoms with Gasteiger partial charge in [0.15, 0.2) is 0 Å². The number of aromatic nitrogens is 1. The molecule has 1 aromatic rings. The van der Waals surface area contributed by atoms with Crippen LogP contribution in [0.15, 0.2) is 18.3 Å². The number of hydrogen-bond donors (Lipinski definition) is 1. The van der Waals surface area contributed by atoms with Gasteiger partial charge in [-0.15, -0.1) is 0 Å². The van der Waals surface area contributed by atoms with Gasteiger partial charge in [0.2, 0.25) is 5.91 Å². The van der Waals surface area contributed by atoms with Gasteiger partial charge in [-0.1, -0.05) is 19.9 Å². The van der Waals surface area contributed by atoms with Crippen LogP contribution >= 0.6 is 0 Å². The highest BCUT2D eigenvalue weighted by Gasteiger charge is 2.26. The van der Waals surface area contributed by atoms with Crippen molar-refractivity contribution in [3.8, 4) is 0 Å². The van der Waals surface area contributed by atoms with Crippen LogP contribution in [0.3, 0.4) is 0 Å². The average molecular weight is 375 g/mol. The number of nitrogens with zero attached hydrogens (tertiary/aromatic N) is 3. The number of carbonyl (C=O) groups is 2. The van der Waals surface area contributed by atoms with Crippen molar-refractivity contribution in [1.82, 2.24) is 20.1 Å². The maximum atomic E-state index is 12.6. The third-order valence-corrected chi connectivity index (χ3v) is 5.35. The minimum atomic E-state index is -0.0527. The maximum absolute atomic E-state index is 12.6. The number of hydrogen-bond acceptors (Lipinski definition) is 3. The number of pyridine rings is 1. The fourth-order valence-electron chi connectivity index (χ4n) is 3.38. The molecule has 6 heteroatoms. The molecule has 0 radical (unpaired) electrons. The van der Waals surface area contributed by atoms with Crippen molar-refractivity contribution in [3.63, 3.8) is 0 Å². The van der Waals surface area contributed by atoms with E-state index in [1.165, 1.54) is 0 Å².